The monoisotopic (exact) mass is 320 g/mol. The third-order valence-corrected chi connectivity index (χ3v) is 3.62. The Morgan fingerprint density at radius 2 is 2.09 bits per heavy atom. The topological polar surface area (TPSA) is 56.5 Å². The molecule has 2 rings (SSSR count). The molecule has 0 aliphatic heterocycles. The standard InChI is InChI=1S/C17H20O4S/c1-12(2)6-8-20-13-4-5-17-15(10-13)16(18)11-14(21-17)7-9-22(3)19/h4-5,7,9-12H,6,8H2,1-3H3/b9-7+. The third kappa shape index (κ3) is 4.56. The van der Waals surface area contributed by atoms with Crippen molar-refractivity contribution in [1.29, 1.82) is 0 Å². The van der Waals surface area contributed by atoms with Gasteiger partial charge in [-0.2, -0.15) is 0 Å². The Balaban J connectivity index is 2.26. The molecule has 0 amide bonds. The molecule has 0 aliphatic rings. The van der Waals surface area contributed by atoms with E-state index < -0.39 is 10.8 Å². The molecule has 0 aliphatic carbocycles. The zero-order chi connectivity index (χ0) is 16.1. The van der Waals surface area contributed by atoms with Gasteiger partial charge in [0.1, 0.15) is 17.1 Å². The first kappa shape index (κ1) is 16.5. The summed E-state index contributed by atoms with van der Waals surface area (Å²) in [5, 5.41) is 1.96. The van der Waals surface area contributed by atoms with E-state index in [4.69, 9.17) is 9.15 Å². The first-order valence-electron chi connectivity index (χ1n) is 7.17. The summed E-state index contributed by atoms with van der Waals surface area (Å²) in [6.07, 6.45) is 4.06. The molecule has 0 N–H and O–H groups in total. The summed E-state index contributed by atoms with van der Waals surface area (Å²) in [5.41, 5.74) is 0.349. The van der Waals surface area contributed by atoms with Gasteiger partial charge in [-0.1, -0.05) is 13.8 Å². The molecular formula is C17H20O4S. The smallest absolute Gasteiger partial charge is 0.193 e. The van der Waals surface area contributed by atoms with Crippen molar-refractivity contribution in [2.75, 3.05) is 12.9 Å². The summed E-state index contributed by atoms with van der Waals surface area (Å²) in [6, 6.07) is 6.61. The van der Waals surface area contributed by atoms with E-state index in [2.05, 4.69) is 13.8 Å². The summed E-state index contributed by atoms with van der Waals surface area (Å²) in [7, 11) is -1.08. The van der Waals surface area contributed by atoms with E-state index in [0.717, 1.165) is 6.42 Å². The van der Waals surface area contributed by atoms with Crippen molar-refractivity contribution in [1.82, 2.24) is 0 Å². The van der Waals surface area contributed by atoms with Crippen LogP contribution in [0.25, 0.3) is 17.0 Å². The fraction of sp³-hybridized carbons (Fsp3) is 0.353. The van der Waals surface area contributed by atoms with Crippen LogP contribution < -0.4 is 10.2 Å². The molecule has 0 radical (unpaired) electrons. The maximum absolute atomic E-state index is 12.2. The predicted molar refractivity (Wildman–Crippen MR) is 90.5 cm³/mol. The number of hydrogen-bond acceptors (Lipinski definition) is 4. The number of benzene rings is 1. The molecule has 0 saturated heterocycles. The molecule has 0 bridgehead atoms. The van der Waals surface area contributed by atoms with E-state index in [-0.39, 0.29) is 5.43 Å². The Morgan fingerprint density at radius 3 is 2.77 bits per heavy atom. The summed E-state index contributed by atoms with van der Waals surface area (Å²) in [5.74, 6) is 1.63. The Morgan fingerprint density at radius 1 is 1.32 bits per heavy atom. The van der Waals surface area contributed by atoms with E-state index >= 15 is 0 Å². The van der Waals surface area contributed by atoms with Crippen LogP contribution in [0.5, 0.6) is 5.75 Å². The van der Waals surface area contributed by atoms with Crippen molar-refractivity contribution >= 4 is 27.8 Å². The zero-order valence-electron chi connectivity index (χ0n) is 13.0. The van der Waals surface area contributed by atoms with Crippen molar-refractivity contribution in [2.45, 2.75) is 20.3 Å². The molecule has 118 valence electrons. The van der Waals surface area contributed by atoms with Crippen LogP contribution in [0.15, 0.2) is 38.9 Å². The highest BCUT2D eigenvalue weighted by Gasteiger charge is 2.06. The van der Waals surface area contributed by atoms with Crippen LogP contribution >= 0.6 is 0 Å². The highest BCUT2D eigenvalue weighted by Crippen LogP contribution is 2.20. The highest BCUT2D eigenvalue weighted by molar-refractivity contribution is 7.87. The van der Waals surface area contributed by atoms with Crippen molar-refractivity contribution in [2.24, 2.45) is 5.92 Å². The van der Waals surface area contributed by atoms with Crippen LogP contribution in [0.4, 0.5) is 0 Å². The Bertz CT molecular complexity index is 759. The van der Waals surface area contributed by atoms with Gasteiger partial charge in [0.2, 0.25) is 0 Å². The summed E-state index contributed by atoms with van der Waals surface area (Å²) in [4.78, 5) is 12.2. The highest BCUT2D eigenvalue weighted by atomic mass is 32.2. The summed E-state index contributed by atoms with van der Waals surface area (Å²) >= 11 is 0. The normalized spacial score (nSPS) is 13.1. The van der Waals surface area contributed by atoms with Crippen LogP contribution in [0.2, 0.25) is 0 Å². The van der Waals surface area contributed by atoms with E-state index in [1.54, 1.807) is 30.5 Å². The Hall–Kier alpha value is -1.88. The van der Waals surface area contributed by atoms with E-state index in [9.17, 15) is 9.00 Å². The van der Waals surface area contributed by atoms with Crippen LogP contribution in [0.3, 0.4) is 0 Å². The predicted octanol–water partition coefficient (Wildman–Crippen LogP) is 3.57. The lowest BCUT2D eigenvalue weighted by atomic mass is 10.1. The molecule has 0 spiro atoms. The first-order chi connectivity index (χ1) is 10.5. The molecule has 1 aromatic carbocycles. The lowest BCUT2D eigenvalue weighted by molar-refractivity contribution is 0.290. The van der Waals surface area contributed by atoms with Crippen LogP contribution in [-0.2, 0) is 10.8 Å². The molecule has 1 unspecified atom stereocenters. The van der Waals surface area contributed by atoms with Gasteiger partial charge in [-0.15, -0.1) is 0 Å². The van der Waals surface area contributed by atoms with Gasteiger partial charge in [0, 0.05) is 28.5 Å². The second-order valence-corrected chi connectivity index (χ2v) is 6.77. The van der Waals surface area contributed by atoms with Crippen molar-refractivity contribution in [3.8, 4) is 5.75 Å². The average molecular weight is 320 g/mol. The first-order valence-corrected chi connectivity index (χ1v) is 8.79. The molecule has 1 aromatic heterocycles. The van der Waals surface area contributed by atoms with Gasteiger partial charge in [-0.05, 0) is 36.6 Å². The lowest BCUT2D eigenvalue weighted by Crippen LogP contribution is -2.03. The fourth-order valence-corrected chi connectivity index (χ4v) is 2.23. The van der Waals surface area contributed by atoms with E-state index in [1.165, 1.54) is 11.5 Å². The molecule has 5 heteroatoms. The van der Waals surface area contributed by atoms with Gasteiger partial charge < -0.3 is 9.15 Å². The summed E-state index contributed by atoms with van der Waals surface area (Å²) < 4.78 is 22.3. The number of rotatable bonds is 6. The van der Waals surface area contributed by atoms with Crippen molar-refractivity contribution in [3.05, 3.63) is 45.7 Å². The molecule has 2 aromatic rings. The number of fused-ring (bicyclic) bond motifs is 1. The van der Waals surface area contributed by atoms with Gasteiger partial charge in [-0.25, -0.2) is 0 Å². The summed E-state index contributed by atoms with van der Waals surface area (Å²) in [6.45, 7) is 4.89. The Labute approximate surface area is 132 Å². The van der Waals surface area contributed by atoms with Crippen molar-refractivity contribution < 1.29 is 13.4 Å². The van der Waals surface area contributed by atoms with Gasteiger partial charge in [0.05, 0.1) is 12.0 Å². The molecule has 0 saturated carbocycles. The minimum Gasteiger partial charge on any atom is -0.494 e. The quantitative estimate of drug-likeness (QED) is 0.816. The van der Waals surface area contributed by atoms with Gasteiger partial charge in [-0.3, -0.25) is 9.00 Å². The van der Waals surface area contributed by atoms with Gasteiger partial charge in [0.25, 0.3) is 0 Å². The van der Waals surface area contributed by atoms with Crippen LogP contribution in [-0.4, -0.2) is 17.1 Å². The average Bonchev–Trinajstić information content (AvgIpc) is 2.45. The molecule has 4 nitrogen and oxygen atoms in total. The zero-order valence-corrected chi connectivity index (χ0v) is 13.8. The maximum Gasteiger partial charge on any atom is 0.193 e. The number of ether oxygens (including phenoxy) is 1. The molecule has 22 heavy (non-hydrogen) atoms. The Kier molecular flexibility index (Phi) is 5.55. The maximum atomic E-state index is 12.2. The second-order valence-electron chi connectivity index (χ2n) is 5.50. The SMILES string of the molecule is CC(C)CCOc1ccc2oc(/C=C/S(C)=O)cc(=O)c2c1. The minimum absolute atomic E-state index is 0.142. The third-order valence-electron chi connectivity index (χ3n) is 3.11. The lowest BCUT2D eigenvalue weighted by Gasteiger charge is -2.08. The number of hydrogen-bond donors (Lipinski definition) is 0. The van der Waals surface area contributed by atoms with Crippen LogP contribution in [0, 0.1) is 5.92 Å². The van der Waals surface area contributed by atoms with Gasteiger partial charge >= 0.3 is 0 Å². The fourth-order valence-electron chi connectivity index (χ4n) is 1.90. The largest absolute Gasteiger partial charge is 0.494 e. The molecular weight excluding hydrogens is 300 g/mol. The molecule has 1 heterocycles. The van der Waals surface area contributed by atoms with E-state index in [1.807, 2.05) is 0 Å². The second kappa shape index (κ2) is 7.40. The molecule has 1 atom stereocenters. The van der Waals surface area contributed by atoms with E-state index in [0.29, 0.717) is 35.0 Å². The minimum atomic E-state index is -1.08. The molecule has 0 fully saturated rings. The van der Waals surface area contributed by atoms with Crippen molar-refractivity contribution in [3.63, 3.8) is 0 Å². The van der Waals surface area contributed by atoms with Gasteiger partial charge in [0.15, 0.2) is 5.43 Å². The van der Waals surface area contributed by atoms with Crippen LogP contribution in [0.1, 0.15) is 26.0 Å².